The maximum atomic E-state index is 13.4. The molecule has 1 unspecified atom stereocenters. The number of methoxy groups -OCH3 is 2. The Balaban J connectivity index is 2.23. The second-order valence-electron chi connectivity index (χ2n) is 4.61. The quantitative estimate of drug-likeness (QED) is 0.870. The van der Waals surface area contributed by atoms with Gasteiger partial charge in [0.1, 0.15) is 5.75 Å². The zero-order chi connectivity index (χ0) is 15.4. The van der Waals surface area contributed by atoms with Gasteiger partial charge in [0.15, 0.2) is 11.6 Å². The van der Waals surface area contributed by atoms with Gasteiger partial charge in [-0.25, -0.2) is 4.39 Å². The number of benzene rings is 2. The Morgan fingerprint density at radius 3 is 2.52 bits per heavy atom. The van der Waals surface area contributed by atoms with Crippen molar-refractivity contribution in [3.63, 3.8) is 0 Å². The summed E-state index contributed by atoms with van der Waals surface area (Å²) in [6, 6.07) is 10.1. The van der Waals surface area contributed by atoms with Gasteiger partial charge in [0, 0.05) is 12.1 Å². The molecule has 0 spiro atoms. The van der Waals surface area contributed by atoms with E-state index in [1.54, 1.807) is 31.4 Å². The lowest BCUT2D eigenvalue weighted by Crippen LogP contribution is -2.07. The molecule has 0 aliphatic heterocycles. The van der Waals surface area contributed by atoms with Crippen molar-refractivity contribution in [3.05, 3.63) is 52.8 Å². The molecular formula is C16H17ClFNO2. The molecule has 21 heavy (non-hydrogen) atoms. The molecule has 0 amide bonds. The van der Waals surface area contributed by atoms with Gasteiger partial charge in [-0.1, -0.05) is 17.7 Å². The molecule has 0 fully saturated rings. The maximum absolute atomic E-state index is 13.4. The van der Waals surface area contributed by atoms with Gasteiger partial charge in [-0.15, -0.1) is 0 Å². The fraction of sp³-hybridized carbons (Fsp3) is 0.250. The Kier molecular flexibility index (Phi) is 4.91. The average molecular weight is 310 g/mol. The Morgan fingerprint density at radius 2 is 1.86 bits per heavy atom. The van der Waals surface area contributed by atoms with E-state index in [9.17, 15) is 4.39 Å². The van der Waals surface area contributed by atoms with Crippen LogP contribution in [0.4, 0.5) is 10.1 Å². The first-order valence-corrected chi connectivity index (χ1v) is 6.86. The third-order valence-corrected chi connectivity index (χ3v) is 3.55. The number of rotatable bonds is 5. The summed E-state index contributed by atoms with van der Waals surface area (Å²) in [5.74, 6) is 0.552. The van der Waals surface area contributed by atoms with Crippen molar-refractivity contribution in [1.29, 1.82) is 0 Å². The molecule has 5 heteroatoms. The molecule has 1 atom stereocenters. The summed E-state index contributed by atoms with van der Waals surface area (Å²) in [5.41, 5.74) is 1.65. The smallest absolute Gasteiger partial charge is 0.165 e. The van der Waals surface area contributed by atoms with Crippen LogP contribution in [-0.2, 0) is 0 Å². The first-order chi connectivity index (χ1) is 10.0. The summed E-state index contributed by atoms with van der Waals surface area (Å²) in [5, 5.41) is 3.88. The molecule has 2 aromatic carbocycles. The minimum absolute atomic E-state index is 0.0656. The van der Waals surface area contributed by atoms with Gasteiger partial charge in [0.25, 0.3) is 0 Å². The van der Waals surface area contributed by atoms with E-state index in [-0.39, 0.29) is 17.6 Å². The van der Waals surface area contributed by atoms with Crippen LogP contribution in [0, 0.1) is 5.82 Å². The highest BCUT2D eigenvalue weighted by molar-refractivity contribution is 6.33. The highest BCUT2D eigenvalue weighted by atomic mass is 35.5. The molecule has 0 saturated heterocycles. The second-order valence-corrected chi connectivity index (χ2v) is 5.01. The van der Waals surface area contributed by atoms with Crippen LogP contribution in [0.1, 0.15) is 18.5 Å². The zero-order valence-corrected chi connectivity index (χ0v) is 12.9. The minimum atomic E-state index is -0.382. The Morgan fingerprint density at radius 1 is 1.10 bits per heavy atom. The Labute approximate surface area is 128 Å². The molecule has 0 radical (unpaired) electrons. The normalized spacial score (nSPS) is 11.9. The Bertz CT molecular complexity index is 634. The van der Waals surface area contributed by atoms with Crippen LogP contribution in [0.3, 0.4) is 0 Å². The van der Waals surface area contributed by atoms with Gasteiger partial charge in [-0.3, -0.25) is 0 Å². The van der Waals surface area contributed by atoms with Crippen LogP contribution in [0.2, 0.25) is 5.02 Å². The lowest BCUT2D eigenvalue weighted by Gasteiger charge is -2.18. The number of hydrogen-bond donors (Lipinski definition) is 1. The van der Waals surface area contributed by atoms with Crippen molar-refractivity contribution in [2.75, 3.05) is 19.5 Å². The molecule has 0 bridgehead atoms. The molecule has 0 aromatic heterocycles. The van der Waals surface area contributed by atoms with Crippen molar-refractivity contribution >= 4 is 17.3 Å². The van der Waals surface area contributed by atoms with Crippen LogP contribution < -0.4 is 14.8 Å². The molecule has 3 nitrogen and oxygen atoms in total. The number of hydrogen-bond acceptors (Lipinski definition) is 3. The van der Waals surface area contributed by atoms with E-state index >= 15 is 0 Å². The van der Waals surface area contributed by atoms with Crippen molar-refractivity contribution in [2.45, 2.75) is 13.0 Å². The van der Waals surface area contributed by atoms with Gasteiger partial charge < -0.3 is 14.8 Å². The molecular weight excluding hydrogens is 293 g/mol. The van der Waals surface area contributed by atoms with Crippen molar-refractivity contribution in [2.24, 2.45) is 0 Å². The first kappa shape index (κ1) is 15.4. The van der Waals surface area contributed by atoms with E-state index in [0.29, 0.717) is 10.8 Å². The van der Waals surface area contributed by atoms with Crippen LogP contribution in [0.15, 0.2) is 36.4 Å². The zero-order valence-electron chi connectivity index (χ0n) is 12.1. The summed E-state index contributed by atoms with van der Waals surface area (Å²) in [4.78, 5) is 0. The van der Waals surface area contributed by atoms with Crippen molar-refractivity contribution in [3.8, 4) is 11.5 Å². The molecule has 2 aromatic rings. The van der Waals surface area contributed by atoms with Crippen LogP contribution >= 0.6 is 11.6 Å². The lowest BCUT2D eigenvalue weighted by atomic mass is 10.1. The molecule has 0 aliphatic rings. The van der Waals surface area contributed by atoms with E-state index in [2.05, 4.69) is 5.32 Å². The number of nitrogens with one attached hydrogen (secondary N) is 1. The SMILES string of the molecule is COc1ccc(Cl)c(NC(C)c2ccc(F)c(OC)c2)c1. The first-order valence-electron chi connectivity index (χ1n) is 6.48. The molecule has 2 rings (SSSR count). The second kappa shape index (κ2) is 6.68. The highest BCUT2D eigenvalue weighted by Gasteiger charge is 2.11. The Hall–Kier alpha value is -1.94. The van der Waals surface area contributed by atoms with E-state index < -0.39 is 0 Å². The largest absolute Gasteiger partial charge is 0.497 e. The third kappa shape index (κ3) is 3.58. The fourth-order valence-electron chi connectivity index (χ4n) is 2.00. The van der Waals surface area contributed by atoms with Crippen LogP contribution in [0.5, 0.6) is 11.5 Å². The number of anilines is 1. The van der Waals surface area contributed by atoms with Crippen molar-refractivity contribution in [1.82, 2.24) is 0 Å². The van der Waals surface area contributed by atoms with E-state index in [1.807, 2.05) is 13.0 Å². The molecule has 112 valence electrons. The number of halogens is 2. The van der Waals surface area contributed by atoms with Gasteiger partial charge in [-0.2, -0.15) is 0 Å². The third-order valence-electron chi connectivity index (χ3n) is 3.22. The molecule has 0 saturated carbocycles. The van der Waals surface area contributed by atoms with Gasteiger partial charge >= 0.3 is 0 Å². The van der Waals surface area contributed by atoms with E-state index in [4.69, 9.17) is 21.1 Å². The topological polar surface area (TPSA) is 30.5 Å². The maximum Gasteiger partial charge on any atom is 0.165 e. The summed E-state index contributed by atoms with van der Waals surface area (Å²) in [6.45, 7) is 1.96. The van der Waals surface area contributed by atoms with Crippen molar-refractivity contribution < 1.29 is 13.9 Å². The predicted molar refractivity (Wildman–Crippen MR) is 83.0 cm³/mol. The van der Waals surface area contributed by atoms with Gasteiger partial charge in [0.2, 0.25) is 0 Å². The van der Waals surface area contributed by atoms with Crippen LogP contribution in [0.25, 0.3) is 0 Å². The fourth-order valence-corrected chi connectivity index (χ4v) is 2.18. The summed E-state index contributed by atoms with van der Waals surface area (Å²) >= 11 is 6.17. The monoisotopic (exact) mass is 309 g/mol. The summed E-state index contributed by atoms with van der Waals surface area (Å²) < 4.78 is 23.6. The van der Waals surface area contributed by atoms with Gasteiger partial charge in [-0.05, 0) is 36.8 Å². The molecule has 0 heterocycles. The van der Waals surface area contributed by atoms with Gasteiger partial charge in [0.05, 0.1) is 24.9 Å². The van der Waals surface area contributed by atoms with E-state index in [0.717, 1.165) is 11.3 Å². The summed E-state index contributed by atoms with van der Waals surface area (Å²) in [6.07, 6.45) is 0. The average Bonchev–Trinajstić information content (AvgIpc) is 2.49. The van der Waals surface area contributed by atoms with Crippen LogP contribution in [-0.4, -0.2) is 14.2 Å². The standard InChI is InChI=1S/C16H17ClFNO2/c1-10(11-4-7-14(18)16(8-11)21-3)19-15-9-12(20-2)5-6-13(15)17/h4-10,19H,1-3H3. The van der Waals surface area contributed by atoms with E-state index in [1.165, 1.54) is 13.2 Å². The molecule has 0 aliphatic carbocycles. The minimum Gasteiger partial charge on any atom is -0.497 e. The highest BCUT2D eigenvalue weighted by Crippen LogP contribution is 2.31. The lowest BCUT2D eigenvalue weighted by molar-refractivity contribution is 0.385. The number of ether oxygens (including phenoxy) is 2. The molecule has 1 N–H and O–H groups in total. The summed E-state index contributed by atoms with van der Waals surface area (Å²) in [7, 11) is 3.04. The predicted octanol–water partition coefficient (Wildman–Crippen LogP) is 4.67.